The maximum atomic E-state index is 11.7. The van der Waals surface area contributed by atoms with E-state index in [9.17, 15) is 4.79 Å². The Balaban J connectivity index is 1.80. The van der Waals surface area contributed by atoms with Crippen LogP contribution in [0.4, 0.5) is 0 Å². The van der Waals surface area contributed by atoms with Gasteiger partial charge in [0.05, 0.1) is 11.6 Å². The van der Waals surface area contributed by atoms with Gasteiger partial charge in [-0.15, -0.1) is 0 Å². The first-order valence-corrected chi connectivity index (χ1v) is 6.55. The molecule has 0 bridgehead atoms. The molecule has 0 spiro atoms. The number of nitriles is 1. The number of hydrogen-bond donors (Lipinski definition) is 0. The van der Waals surface area contributed by atoms with E-state index in [0.29, 0.717) is 18.6 Å². The minimum absolute atomic E-state index is 0.192. The smallest absolute Gasteiger partial charge is 0.163 e. The van der Waals surface area contributed by atoms with Crippen molar-refractivity contribution < 1.29 is 9.53 Å². The monoisotopic (exact) mass is 263 g/mol. The van der Waals surface area contributed by atoms with Gasteiger partial charge in [-0.25, -0.2) is 0 Å². The number of Topliss-reactive ketones (excluding diaryl/α,β-unsaturated/α-hetero) is 1. The first kappa shape index (κ1) is 12.4. The van der Waals surface area contributed by atoms with Crippen molar-refractivity contribution in [2.75, 3.05) is 0 Å². The van der Waals surface area contributed by atoms with Crippen LogP contribution in [0.3, 0.4) is 0 Å². The minimum atomic E-state index is 0.192. The van der Waals surface area contributed by atoms with E-state index >= 15 is 0 Å². The quantitative estimate of drug-likeness (QED) is 0.854. The van der Waals surface area contributed by atoms with E-state index in [1.54, 1.807) is 6.07 Å². The summed E-state index contributed by atoms with van der Waals surface area (Å²) in [5.41, 5.74) is 3.37. The van der Waals surface area contributed by atoms with Gasteiger partial charge in [0, 0.05) is 17.5 Å². The Morgan fingerprint density at radius 1 is 1.15 bits per heavy atom. The number of benzene rings is 2. The molecule has 0 heterocycles. The van der Waals surface area contributed by atoms with Crippen molar-refractivity contribution in [3.8, 4) is 11.8 Å². The van der Waals surface area contributed by atoms with Gasteiger partial charge in [-0.1, -0.05) is 24.3 Å². The van der Waals surface area contributed by atoms with E-state index in [-0.39, 0.29) is 5.78 Å². The van der Waals surface area contributed by atoms with Crippen LogP contribution in [0, 0.1) is 11.3 Å². The third-order valence-electron chi connectivity index (χ3n) is 3.49. The van der Waals surface area contributed by atoms with Crippen molar-refractivity contribution in [2.45, 2.75) is 19.4 Å². The van der Waals surface area contributed by atoms with Crippen molar-refractivity contribution in [3.63, 3.8) is 0 Å². The standard InChI is InChI=1S/C17H13NO2/c18-10-12-3-1-4-13(9-12)11-20-17-6-2-5-14-15(17)7-8-16(14)19/h1-6,9H,7-8,11H2. The van der Waals surface area contributed by atoms with Gasteiger partial charge in [0.2, 0.25) is 0 Å². The highest BCUT2D eigenvalue weighted by Gasteiger charge is 2.22. The molecule has 2 aromatic rings. The molecule has 0 atom stereocenters. The molecule has 3 rings (SSSR count). The lowest BCUT2D eigenvalue weighted by Crippen LogP contribution is -1.99. The molecule has 0 N–H and O–H groups in total. The van der Waals surface area contributed by atoms with Crippen LogP contribution in [0.15, 0.2) is 42.5 Å². The van der Waals surface area contributed by atoms with Gasteiger partial charge in [0.1, 0.15) is 12.4 Å². The van der Waals surface area contributed by atoms with Gasteiger partial charge in [-0.2, -0.15) is 5.26 Å². The molecule has 0 aromatic heterocycles. The van der Waals surface area contributed by atoms with Crippen molar-refractivity contribution in [3.05, 3.63) is 64.7 Å². The number of carbonyl (C=O) groups is 1. The van der Waals surface area contributed by atoms with Crippen LogP contribution in [0.25, 0.3) is 0 Å². The Labute approximate surface area is 117 Å². The zero-order chi connectivity index (χ0) is 13.9. The summed E-state index contributed by atoms with van der Waals surface area (Å²) in [7, 11) is 0. The molecule has 0 unspecified atom stereocenters. The second-order valence-electron chi connectivity index (χ2n) is 4.81. The second-order valence-corrected chi connectivity index (χ2v) is 4.81. The van der Waals surface area contributed by atoms with E-state index in [1.165, 1.54) is 0 Å². The molecule has 3 heteroatoms. The summed E-state index contributed by atoms with van der Waals surface area (Å²) in [5.74, 6) is 0.965. The largest absolute Gasteiger partial charge is 0.489 e. The maximum absolute atomic E-state index is 11.7. The number of nitrogens with zero attached hydrogens (tertiary/aromatic N) is 1. The lowest BCUT2D eigenvalue weighted by molar-refractivity contribution is 0.0994. The normalized spacial score (nSPS) is 12.8. The predicted molar refractivity (Wildman–Crippen MR) is 74.6 cm³/mol. The Morgan fingerprint density at radius 2 is 2.00 bits per heavy atom. The molecule has 2 aromatic carbocycles. The molecular weight excluding hydrogens is 250 g/mol. The summed E-state index contributed by atoms with van der Waals surface area (Å²) in [5, 5.41) is 8.87. The Bertz CT molecular complexity index is 713. The summed E-state index contributed by atoms with van der Waals surface area (Å²) in [4.78, 5) is 11.7. The number of rotatable bonds is 3. The summed E-state index contributed by atoms with van der Waals surface area (Å²) >= 11 is 0. The summed E-state index contributed by atoms with van der Waals surface area (Å²) in [6.45, 7) is 0.403. The summed E-state index contributed by atoms with van der Waals surface area (Å²) in [6, 6.07) is 15.1. The van der Waals surface area contributed by atoms with Crippen LogP contribution < -0.4 is 4.74 Å². The number of ether oxygens (including phenoxy) is 1. The van der Waals surface area contributed by atoms with E-state index in [4.69, 9.17) is 10.00 Å². The molecule has 0 saturated heterocycles. The van der Waals surface area contributed by atoms with Crippen LogP contribution in [0.5, 0.6) is 5.75 Å². The molecule has 0 fully saturated rings. The number of hydrogen-bond acceptors (Lipinski definition) is 3. The van der Waals surface area contributed by atoms with Gasteiger partial charge in [0.25, 0.3) is 0 Å². The molecule has 1 aliphatic carbocycles. The lowest BCUT2D eigenvalue weighted by Gasteiger charge is -2.10. The third-order valence-corrected chi connectivity index (χ3v) is 3.49. The van der Waals surface area contributed by atoms with Crippen molar-refractivity contribution in [1.82, 2.24) is 0 Å². The molecule has 1 aliphatic rings. The van der Waals surface area contributed by atoms with Gasteiger partial charge in [-0.3, -0.25) is 4.79 Å². The van der Waals surface area contributed by atoms with Crippen LogP contribution in [-0.2, 0) is 13.0 Å². The van der Waals surface area contributed by atoms with E-state index in [0.717, 1.165) is 28.9 Å². The number of fused-ring (bicyclic) bond motifs is 1. The highest BCUT2D eigenvalue weighted by atomic mass is 16.5. The Hall–Kier alpha value is -2.60. The average Bonchev–Trinajstić information content (AvgIpc) is 2.88. The molecule has 0 radical (unpaired) electrons. The average molecular weight is 263 g/mol. The molecule has 3 nitrogen and oxygen atoms in total. The fraction of sp³-hybridized carbons (Fsp3) is 0.176. The Kier molecular flexibility index (Phi) is 3.22. The van der Waals surface area contributed by atoms with Crippen LogP contribution in [0.1, 0.15) is 33.5 Å². The van der Waals surface area contributed by atoms with Gasteiger partial charge >= 0.3 is 0 Å². The molecular formula is C17H13NO2. The molecule has 0 aliphatic heterocycles. The summed E-state index contributed by atoms with van der Waals surface area (Å²) in [6.07, 6.45) is 1.32. The fourth-order valence-corrected chi connectivity index (χ4v) is 2.48. The lowest BCUT2D eigenvalue weighted by atomic mass is 10.1. The predicted octanol–water partition coefficient (Wildman–Crippen LogP) is 3.27. The van der Waals surface area contributed by atoms with Crippen LogP contribution in [-0.4, -0.2) is 5.78 Å². The van der Waals surface area contributed by atoms with Gasteiger partial charge < -0.3 is 4.74 Å². The number of carbonyl (C=O) groups excluding carboxylic acids is 1. The van der Waals surface area contributed by atoms with Crippen molar-refractivity contribution in [2.24, 2.45) is 0 Å². The second kappa shape index (κ2) is 5.18. The van der Waals surface area contributed by atoms with Crippen LogP contribution >= 0.6 is 0 Å². The van der Waals surface area contributed by atoms with Crippen molar-refractivity contribution >= 4 is 5.78 Å². The minimum Gasteiger partial charge on any atom is -0.489 e. The Morgan fingerprint density at radius 3 is 2.85 bits per heavy atom. The molecule has 0 saturated carbocycles. The molecule has 0 amide bonds. The molecule has 98 valence electrons. The zero-order valence-electron chi connectivity index (χ0n) is 10.9. The maximum Gasteiger partial charge on any atom is 0.163 e. The first-order valence-electron chi connectivity index (χ1n) is 6.55. The SMILES string of the molecule is N#Cc1cccc(COc2cccc3c2CCC3=O)c1. The zero-order valence-corrected chi connectivity index (χ0v) is 10.9. The van der Waals surface area contributed by atoms with Gasteiger partial charge in [0.15, 0.2) is 5.78 Å². The van der Waals surface area contributed by atoms with E-state index < -0.39 is 0 Å². The first-order chi connectivity index (χ1) is 9.78. The van der Waals surface area contributed by atoms with Crippen molar-refractivity contribution in [1.29, 1.82) is 5.26 Å². The van der Waals surface area contributed by atoms with E-state index in [2.05, 4.69) is 6.07 Å². The topological polar surface area (TPSA) is 50.1 Å². The highest BCUT2D eigenvalue weighted by Crippen LogP contribution is 2.30. The van der Waals surface area contributed by atoms with E-state index in [1.807, 2.05) is 36.4 Å². The number of ketones is 1. The summed E-state index contributed by atoms with van der Waals surface area (Å²) < 4.78 is 5.82. The van der Waals surface area contributed by atoms with Gasteiger partial charge in [-0.05, 0) is 30.2 Å². The fourth-order valence-electron chi connectivity index (χ4n) is 2.48. The van der Waals surface area contributed by atoms with Crippen LogP contribution in [0.2, 0.25) is 0 Å². The third kappa shape index (κ3) is 2.28. The highest BCUT2D eigenvalue weighted by molar-refractivity contribution is 6.01. The molecule has 20 heavy (non-hydrogen) atoms.